The molecule has 0 saturated carbocycles. The second kappa shape index (κ2) is 12.8. The number of hydrogen-bond donors (Lipinski definition) is 2. The first-order valence-electron chi connectivity index (χ1n) is 18.5. The Bertz CT molecular complexity index is 2410. The van der Waals surface area contributed by atoms with Crippen LogP contribution in [0.5, 0.6) is 0 Å². The Hall–Kier alpha value is -5.46. The number of benzene rings is 5. The number of rotatable bonds is 9. The van der Waals surface area contributed by atoms with Crippen LogP contribution >= 0.6 is 0 Å². The summed E-state index contributed by atoms with van der Waals surface area (Å²) in [6.07, 6.45) is 1.84. The van der Waals surface area contributed by atoms with Gasteiger partial charge in [-0.05, 0) is 72.9 Å². The highest BCUT2D eigenvalue weighted by Crippen LogP contribution is 2.61. The molecule has 54 heavy (non-hydrogen) atoms. The maximum absolute atomic E-state index is 15.2. The van der Waals surface area contributed by atoms with E-state index >= 15 is 4.79 Å². The summed E-state index contributed by atoms with van der Waals surface area (Å²) in [6, 6.07) is 36.7. The average Bonchev–Trinajstić information content (AvgIpc) is 3.91. The van der Waals surface area contributed by atoms with Gasteiger partial charge in [0.15, 0.2) is 13.9 Å². The van der Waals surface area contributed by atoms with Crippen molar-refractivity contribution in [2.75, 3.05) is 16.4 Å². The van der Waals surface area contributed by atoms with Gasteiger partial charge in [-0.25, -0.2) is 0 Å². The number of ether oxygens (including phenoxy) is 1. The van der Waals surface area contributed by atoms with Crippen molar-refractivity contribution in [3.05, 3.63) is 144 Å². The van der Waals surface area contributed by atoms with E-state index in [1.54, 1.807) is 14.5 Å². The largest absolute Gasteiger partial charge is 0.432 e. The predicted molar refractivity (Wildman–Crippen MR) is 210 cm³/mol. The van der Waals surface area contributed by atoms with Crippen molar-refractivity contribution in [3.8, 4) is 0 Å². The molecule has 1 fully saturated rings. The van der Waals surface area contributed by atoms with Crippen LogP contribution in [0.3, 0.4) is 0 Å². The normalized spacial score (nSPS) is 22.5. The SMILES string of the molecule is C[C@@H]1[C@@H]([Si](C)(C)O)[C@H](CCn2cc(C(CO)c3ccccc3)nn2)O[C@@]12C(=O)N(c1ccccc1)c1ccc(N3C(=O)c4cccc5cccc3c45)cc12. The minimum Gasteiger partial charge on any atom is -0.432 e. The molecule has 4 heterocycles. The zero-order valence-electron chi connectivity index (χ0n) is 30.3. The minimum atomic E-state index is -2.96. The van der Waals surface area contributed by atoms with E-state index in [4.69, 9.17) is 4.74 Å². The molecule has 5 aromatic carbocycles. The second-order valence-electron chi connectivity index (χ2n) is 15.2. The molecule has 1 saturated heterocycles. The summed E-state index contributed by atoms with van der Waals surface area (Å²) in [7, 11) is -2.96. The van der Waals surface area contributed by atoms with E-state index in [0.29, 0.717) is 46.8 Å². The van der Waals surface area contributed by atoms with Gasteiger partial charge in [0.05, 0.1) is 41.3 Å². The molecule has 2 amide bonds. The third-order valence-corrected chi connectivity index (χ3v) is 14.1. The molecular formula is C43H41N5O5Si. The summed E-state index contributed by atoms with van der Waals surface area (Å²) in [5.41, 5.74) is 4.06. The van der Waals surface area contributed by atoms with Crippen LogP contribution in [0.2, 0.25) is 18.6 Å². The highest BCUT2D eigenvalue weighted by atomic mass is 28.4. The lowest BCUT2D eigenvalue weighted by atomic mass is 9.82. The Morgan fingerprint density at radius 2 is 1.57 bits per heavy atom. The highest BCUT2D eigenvalue weighted by molar-refractivity contribution is 6.71. The molecule has 11 heteroatoms. The van der Waals surface area contributed by atoms with Crippen LogP contribution in [0, 0.1) is 5.92 Å². The number of hydrogen-bond acceptors (Lipinski definition) is 7. The highest BCUT2D eigenvalue weighted by Gasteiger charge is 2.66. The Labute approximate surface area is 314 Å². The molecule has 0 aliphatic carbocycles. The van der Waals surface area contributed by atoms with Crippen molar-refractivity contribution in [2.24, 2.45) is 5.92 Å². The molecule has 5 atom stereocenters. The molecular weight excluding hydrogens is 695 g/mol. The molecule has 0 bridgehead atoms. The molecule has 9 rings (SSSR count). The molecule has 1 unspecified atom stereocenters. The van der Waals surface area contributed by atoms with Crippen LogP contribution in [0.1, 0.15) is 46.4 Å². The molecule has 6 aromatic rings. The molecule has 3 aliphatic rings. The van der Waals surface area contributed by atoms with Crippen LogP contribution in [-0.2, 0) is 21.7 Å². The number of para-hydroxylation sites is 1. The minimum absolute atomic E-state index is 0.105. The van der Waals surface area contributed by atoms with Gasteiger partial charge in [0.1, 0.15) is 0 Å². The molecule has 1 spiro atoms. The monoisotopic (exact) mass is 735 g/mol. The molecule has 10 nitrogen and oxygen atoms in total. The smallest absolute Gasteiger partial charge is 0.268 e. The summed E-state index contributed by atoms with van der Waals surface area (Å²) in [6.45, 7) is 6.18. The summed E-state index contributed by atoms with van der Waals surface area (Å²) >= 11 is 0. The van der Waals surface area contributed by atoms with E-state index < -0.39 is 25.9 Å². The van der Waals surface area contributed by atoms with Gasteiger partial charge in [-0.15, -0.1) is 5.10 Å². The number of anilines is 4. The van der Waals surface area contributed by atoms with Gasteiger partial charge in [-0.1, -0.05) is 84.9 Å². The van der Waals surface area contributed by atoms with Crippen LogP contribution < -0.4 is 9.80 Å². The number of aryl methyl sites for hydroxylation is 1. The summed E-state index contributed by atoms with van der Waals surface area (Å²) < 4.78 is 8.91. The Balaban J connectivity index is 1.11. The van der Waals surface area contributed by atoms with Gasteiger partial charge < -0.3 is 14.6 Å². The van der Waals surface area contributed by atoms with Gasteiger partial charge in [0.2, 0.25) is 0 Å². The lowest BCUT2D eigenvalue weighted by molar-refractivity contribution is -0.145. The number of fused-ring (bicyclic) bond motifs is 2. The fraction of sp³-hybridized carbons (Fsp3) is 0.256. The maximum Gasteiger partial charge on any atom is 0.268 e. The summed E-state index contributed by atoms with van der Waals surface area (Å²) in [4.78, 5) is 44.6. The Kier molecular flexibility index (Phi) is 8.16. The molecule has 3 aliphatic heterocycles. The number of carbonyl (C=O) groups excluding carboxylic acids is 2. The quantitative estimate of drug-likeness (QED) is 0.148. The van der Waals surface area contributed by atoms with Crippen LogP contribution in [-0.4, -0.2) is 57.7 Å². The van der Waals surface area contributed by atoms with E-state index in [1.165, 1.54) is 0 Å². The van der Waals surface area contributed by atoms with Crippen molar-refractivity contribution < 1.29 is 24.2 Å². The van der Waals surface area contributed by atoms with Crippen molar-refractivity contribution in [1.29, 1.82) is 0 Å². The number of carbonyl (C=O) groups is 2. The molecule has 1 aromatic heterocycles. The zero-order chi connectivity index (χ0) is 37.4. The van der Waals surface area contributed by atoms with Gasteiger partial charge in [-0.2, -0.15) is 0 Å². The van der Waals surface area contributed by atoms with E-state index in [2.05, 4.69) is 10.3 Å². The summed E-state index contributed by atoms with van der Waals surface area (Å²) in [5, 5.41) is 20.9. The van der Waals surface area contributed by atoms with Crippen LogP contribution in [0.15, 0.2) is 121 Å². The number of aromatic nitrogens is 3. The van der Waals surface area contributed by atoms with E-state index in [0.717, 1.165) is 22.0 Å². The van der Waals surface area contributed by atoms with Crippen molar-refractivity contribution in [1.82, 2.24) is 15.0 Å². The number of aliphatic hydroxyl groups is 1. The van der Waals surface area contributed by atoms with Crippen LogP contribution in [0.4, 0.5) is 22.7 Å². The van der Waals surface area contributed by atoms with E-state index in [1.807, 2.05) is 141 Å². The van der Waals surface area contributed by atoms with Gasteiger partial charge in [0, 0.05) is 46.5 Å². The lowest BCUT2D eigenvalue weighted by Crippen LogP contribution is -2.45. The Morgan fingerprint density at radius 1 is 0.852 bits per heavy atom. The molecule has 272 valence electrons. The fourth-order valence-corrected chi connectivity index (χ4v) is 11.9. The average molecular weight is 736 g/mol. The molecule has 2 N–H and O–H groups in total. The van der Waals surface area contributed by atoms with Gasteiger partial charge in [0.25, 0.3) is 11.8 Å². The van der Waals surface area contributed by atoms with Gasteiger partial charge >= 0.3 is 0 Å². The fourth-order valence-electron chi connectivity index (χ4n) is 9.30. The van der Waals surface area contributed by atoms with E-state index in [9.17, 15) is 14.7 Å². The van der Waals surface area contributed by atoms with Crippen molar-refractivity contribution >= 4 is 53.7 Å². The topological polar surface area (TPSA) is 121 Å². The number of aliphatic hydroxyl groups excluding tert-OH is 1. The third-order valence-electron chi connectivity index (χ3n) is 11.6. The predicted octanol–water partition coefficient (Wildman–Crippen LogP) is 7.41. The first-order valence-corrected chi connectivity index (χ1v) is 21.5. The maximum atomic E-state index is 15.2. The second-order valence-corrected chi connectivity index (χ2v) is 19.2. The van der Waals surface area contributed by atoms with E-state index in [-0.39, 0.29) is 29.9 Å². The first-order chi connectivity index (χ1) is 26.1. The van der Waals surface area contributed by atoms with Crippen molar-refractivity contribution in [3.63, 3.8) is 0 Å². The zero-order valence-corrected chi connectivity index (χ0v) is 31.3. The van der Waals surface area contributed by atoms with Crippen LogP contribution in [0.25, 0.3) is 10.8 Å². The van der Waals surface area contributed by atoms with Crippen molar-refractivity contribution in [2.45, 2.75) is 56.1 Å². The first kappa shape index (κ1) is 34.3. The third kappa shape index (κ3) is 5.18. The Morgan fingerprint density at radius 3 is 2.30 bits per heavy atom. The number of amides is 2. The summed E-state index contributed by atoms with van der Waals surface area (Å²) in [5.74, 6) is -1.05. The number of nitrogens with zero attached hydrogens (tertiary/aromatic N) is 5. The lowest BCUT2D eigenvalue weighted by Gasteiger charge is -2.32. The standard InChI is InChI=1S/C43H41N5O5Si/c1-27-40(54(2,3)52)38(22-23-46-25-35(44-45-46)33(26-49)28-12-6-4-7-13-28)53-43(27)34-24-31(20-21-36(34)48(42(43)51)30-16-8-5-9-17-30)47-37-19-11-15-29-14-10-18-32(39(29)37)41(47)50/h4-21,24-25,27,33,38,40,49,52H,22-23,26H2,1-3H3/t27-,33?,38+,40-,43+/m1/s1. The van der Waals surface area contributed by atoms with Gasteiger partial charge in [-0.3, -0.25) is 24.1 Å². The molecule has 0 radical (unpaired) electrons.